The van der Waals surface area contributed by atoms with Crippen LogP contribution >= 0.6 is 0 Å². The molecule has 114 valence electrons. The molecule has 0 aromatic carbocycles. The van der Waals surface area contributed by atoms with Gasteiger partial charge in [0.2, 0.25) is 0 Å². The maximum Gasteiger partial charge on any atom is 0.317 e. The number of carboxylic acid groups (broad SMARTS) is 1. The normalized spacial score (nSPS) is 15.9. The minimum atomic E-state index is -0.835. The van der Waals surface area contributed by atoms with Crippen molar-refractivity contribution in [3.8, 4) is 0 Å². The predicted molar refractivity (Wildman–Crippen MR) is 71.2 cm³/mol. The van der Waals surface area contributed by atoms with E-state index in [4.69, 9.17) is 5.11 Å². The van der Waals surface area contributed by atoms with E-state index in [0.717, 1.165) is 19.3 Å². The van der Waals surface area contributed by atoms with Gasteiger partial charge >= 0.3 is 18.0 Å². The molecule has 20 heavy (non-hydrogen) atoms. The fourth-order valence-electron chi connectivity index (χ4n) is 2.27. The number of hydrogen-bond acceptors (Lipinski definition) is 4. The quantitative estimate of drug-likeness (QED) is 0.676. The Bertz CT molecular complexity index is 379. The smallest absolute Gasteiger partial charge is 0.317 e. The van der Waals surface area contributed by atoms with Gasteiger partial charge in [-0.2, -0.15) is 0 Å². The van der Waals surface area contributed by atoms with Gasteiger partial charge in [-0.05, 0) is 18.3 Å². The molecule has 0 aliphatic heterocycles. The largest absolute Gasteiger partial charge is 0.481 e. The standard InChI is InChI=1S/C13H22N2O5/c1-15(7-4-11(18)20-2)12(19)14-9-13(5-3-6-13)8-10(16)17/h3-9H2,1-2H3,(H,14,19)(H,16,17). The maximum absolute atomic E-state index is 11.8. The molecule has 0 aromatic rings. The number of carbonyl (C=O) groups excluding carboxylic acids is 2. The topological polar surface area (TPSA) is 95.9 Å². The molecule has 7 nitrogen and oxygen atoms in total. The van der Waals surface area contributed by atoms with Gasteiger partial charge in [0, 0.05) is 20.1 Å². The number of rotatable bonds is 7. The summed E-state index contributed by atoms with van der Waals surface area (Å²) in [6, 6.07) is -0.300. The molecule has 0 radical (unpaired) electrons. The molecule has 1 rings (SSSR count). The Morgan fingerprint density at radius 2 is 2.00 bits per heavy atom. The van der Waals surface area contributed by atoms with Gasteiger partial charge in [-0.1, -0.05) is 6.42 Å². The van der Waals surface area contributed by atoms with E-state index < -0.39 is 5.97 Å². The molecule has 0 saturated heterocycles. The lowest BCUT2D eigenvalue weighted by molar-refractivity contribution is -0.142. The zero-order valence-corrected chi connectivity index (χ0v) is 12.0. The molecule has 0 aromatic heterocycles. The maximum atomic E-state index is 11.8. The Labute approximate surface area is 118 Å². The van der Waals surface area contributed by atoms with E-state index >= 15 is 0 Å². The number of ether oxygens (including phenoxy) is 1. The molecule has 1 aliphatic carbocycles. The third kappa shape index (κ3) is 4.71. The molecule has 1 fully saturated rings. The van der Waals surface area contributed by atoms with E-state index in [1.165, 1.54) is 12.0 Å². The molecule has 1 saturated carbocycles. The highest BCUT2D eigenvalue weighted by molar-refractivity contribution is 5.75. The molecule has 0 heterocycles. The first-order valence-corrected chi connectivity index (χ1v) is 6.66. The van der Waals surface area contributed by atoms with E-state index in [1.807, 2.05) is 0 Å². The van der Waals surface area contributed by atoms with Crippen molar-refractivity contribution in [1.82, 2.24) is 10.2 Å². The second-order valence-corrected chi connectivity index (χ2v) is 5.33. The van der Waals surface area contributed by atoms with Crippen LogP contribution in [0.15, 0.2) is 0 Å². The Balaban J connectivity index is 2.34. The van der Waals surface area contributed by atoms with Crippen molar-refractivity contribution in [1.29, 1.82) is 0 Å². The van der Waals surface area contributed by atoms with Gasteiger partial charge in [-0.15, -0.1) is 0 Å². The predicted octanol–water partition coefficient (Wildman–Crippen LogP) is 0.836. The van der Waals surface area contributed by atoms with E-state index in [-0.39, 0.29) is 36.8 Å². The number of aliphatic carboxylic acids is 1. The lowest BCUT2D eigenvalue weighted by atomic mass is 9.66. The monoisotopic (exact) mass is 286 g/mol. The van der Waals surface area contributed by atoms with Crippen LogP contribution in [-0.2, 0) is 14.3 Å². The summed E-state index contributed by atoms with van der Waals surface area (Å²) in [7, 11) is 2.89. The summed E-state index contributed by atoms with van der Waals surface area (Å²) < 4.78 is 4.50. The molecule has 0 bridgehead atoms. The summed E-state index contributed by atoms with van der Waals surface area (Å²) in [4.78, 5) is 35.0. The summed E-state index contributed by atoms with van der Waals surface area (Å²) in [5.41, 5.74) is -0.301. The number of nitrogens with zero attached hydrogens (tertiary/aromatic N) is 1. The van der Waals surface area contributed by atoms with E-state index in [2.05, 4.69) is 10.1 Å². The molecule has 1 aliphatic rings. The van der Waals surface area contributed by atoms with Crippen LogP contribution in [0.2, 0.25) is 0 Å². The molecule has 2 N–H and O–H groups in total. The first kappa shape index (κ1) is 16.3. The van der Waals surface area contributed by atoms with Gasteiger partial charge in [-0.25, -0.2) is 4.79 Å². The Morgan fingerprint density at radius 3 is 2.45 bits per heavy atom. The third-order valence-electron chi connectivity index (χ3n) is 3.78. The van der Waals surface area contributed by atoms with Crippen molar-refractivity contribution in [2.45, 2.75) is 32.1 Å². The van der Waals surface area contributed by atoms with Crippen LogP contribution in [0.25, 0.3) is 0 Å². The van der Waals surface area contributed by atoms with E-state index in [9.17, 15) is 14.4 Å². The van der Waals surface area contributed by atoms with E-state index in [0.29, 0.717) is 6.54 Å². The molecule has 0 unspecified atom stereocenters. The van der Waals surface area contributed by atoms with Crippen molar-refractivity contribution < 1.29 is 24.2 Å². The highest BCUT2D eigenvalue weighted by Crippen LogP contribution is 2.43. The summed E-state index contributed by atoms with van der Waals surface area (Å²) >= 11 is 0. The summed E-state index contributed by atoms with van der Waals surface area (Å²) in [5.74, 6) is -1.20. The van der Waals surface area contributed by atoms with Crippen molar-refractivity contribution >= 4 is 18.0 Å². The number of esters is 1. The first-order chi connectivity index (χ1) is 9.38. The lowest BCUT2D eigenvalue weighted by Crippen LogP contribution is -2.47. The SMILES string of the molecule is COC(=O)CCN(C)C(=O)NCC1(CC(=O)O)CCC1. The van der Waals surface area contributed by atoms with Crippen LogP contribution in [0.1, 0.15) is 32.1 Å². The van der Waals surface area contributed by atoms with Crippen LogP contribution in [0.5, 0.6) is 0 Å². The van der Waals surface area contributed by atoms with Crippen LogP contribution in [0.4, 0.5) is 4.79 Å². The van der Waals surface area contributed by atoms with Crippen LogP contribution < -0.4 is 5.32 Å². The fraction of sp³-hybridized carbons (Fsp3) is 0.769. The average Bonchev–Trinajstić information content (AvgIpc) is 2.37. The fourth-order valence-corrected chi connectivity index (χ4v) is 2.27. The Morgan fingerprint density at radius 1 is 1.35 bits per heavy atom. The first-order valence-electron chi connectivity index (χ1n) is 6.66. The lowest BCUT2D eigenvalue weighted by Gasteiger charge is -2.41. The van der Waals surface area contributed by atoms with Crippen LogP contribution in [0.3, 0.4) is 0 Å². The number of urea groups is 1. The van der Waals surface area contributed by atoms with Gasteiger partial charge in [0.1, 0.15) is 0 Å². The number of amides is 2. The number of hydrogen-bond donors (Lipinski definition) is 2. The van der Waals surface area contributed by atoms with Gasteiger partial charge in [0.25, 0.3) is 0 Å². The number of carboxylic acids is 1. The van der Waals surface area contributed by atoms with Crippen molar-refractivity contribution in [2.75, 3.05) is 27.2 Å². The molecule has 2 amide bonds. The van der Waals surface area contributed by atoms with Crippen LogP contribution in [0, 0.1) is 5.41 Å². The zero-order valence-electron chi connectivity index (χ0n) is 12.0. The summed E-state index contributed by atoms with van der Waals surface area (Å²) in [6.45, 7) is 0.630. The zero-order chi connectivity index (χ0) is 15.2. The minimum absolute atomic E-state index is 0.0825. The van der Waals surface area contributed by atoms with Gasteiger partial charge in [-0.3, -0.25) is 9.59 Å². The molecular formula is C13H22N2O5. The molecule has 0 atom stereocenters. The number of methoxy groups -OCH3 is 1. The summed E-state index contributed by atoms with van der Waals surface area (Å²) in [6.07, 6.45) is 2.87. The number of nitrogens with one attached hydrogen (secondary N) is 1. The van der Waals surface area contributed by atoms with Gasteiger partial charge in [0.05, 0.1) is 20.0 Å². The van der Waals surface area contributed by atoms with Gasteiger partial charge < -0.3 is 20.1 Å². The summed E-state index contributed by atoms with van der Waals surface area (Å²) in [5, 5.41) is 11.6. The van der Waals surface area contributed by atoms with Crippen molar-refractivity contribution in [3.63, 3.8) is 0 Å². The highest BCUT2D eigenvalue weighted by atomic mass is 16.5. The number of carbonyl (C=O) groups is 3. The molecular weight excluding hydrogens is 264 g/mol. The van der Waals surface area contributed by atoms with Crippen molar-refractivity contribution in [2.24, 2.45) is 5.41 Å². The van der Waals surface area contributed by atoms with Crippen LogP contribution in [-0.4, -0.2) is 55.2 Å². The molecule has 7 heteroatoms. The minimum Gasteiger partial charge on any atom is -0.481 e. The average molecular weight is 286 g/mol. The van der Waals surface area contributed by atoms with E-state index in [1.54, 1.807) is 7.05 Å². The second-order valence-electron chi connectivity index (χ2n) is 5.33. The van der Waals surface area contributed by atoms with Gasteiger partial charge in [0.15, 0.2) is 0 Å². The Hall–Kier alpha value is -1.79. The second kappa shape index (κ2) is 7.12. The molecule has 0 spiro atoms. The van der Waals surface area contributed by atoms with Crippen molar-refractivity contribution in [3.05, 3.63) is 0 Å². The Kier molecular flexibility index (Phi) is 5.79. The highest BCUT2D eigenvalue weighted by Gasteiger charge is 2.39. The third-order valence-corrected chi connectivity index (χ3v) is 3.78.